The average Bonchev–Trinajstić information content (AvgIpc) is 2.79. The van der Waals surface area contributed by atoms with Crippen molar-refractivity contribution in [2.75, 3.05) is 13.2 Å². The molecular formula is C26H35ClN2O3. The molecule has 0 fully saturated rings. The molecule has 0 heterocycles. The number of rotatable bonds is 13. The molecule has 2 aromatic rings. The standard InChI is InChI=1S/C26H35ClN2O3/c1-4-6-17-28-26(31)24(5-2)29(19-21-11-13-22(27)14-12-21)25(30)8-7-18-32-23-15-9-20(3)10-16-23/h9-16,24H,4-8,17-19H2,1-3H3,(H,28,31)/t24-/m0/s1. The number of hydrogen-bond acceptors (Lipinski definition) is 3. The minimum absolute atomic E-state index is 0.0510. The van der Waals surface area contributed by atoms with Gasteiger partial charge < -0.3 is 15.0 Å². The summed E-state index contributed by atoms with van der Waals surface area (Å²) in [7, 11) is 0. The molecule has 2 aromatic carbocycles. The van der Waals surface area contributed by atoms with E-state index in [1.165, 1.54) is 5.56 Å². The van der Waals surface area contributed by atoms with Gasteiger partial charge in [0.1, 0.15) is 11.8 Å². The van der Waals surface area contributed by atoms with E-state index in [2.05, 4.69) is 12.2 Å². The minimum atomic E-state index is -0.506. The van der Waals surface area contributed by atoms with Crippen LogP contribution in [0.2, 0.25) is 5.02 Å². The van der Waals surface area contributed by atoms with Crippen LogP contribution in [0.5, 0.6) is 5.75 Å². The molecule has 1 N–H and O–H groups in total. The van der Waals surface area contributed by atoms with Crippen molar-refractivity contribution in [3.8, 4) is 5.75 Å². The Balaban J connectivity index is 2.02. The second kappa shape index (κ2) is 13.8. The molecule has 2 rings (SSSR count). The normalized spacial score (nSPS) is 11.6. The summed E-state index contributed by atoms with van der Waals surface area (Å²) in [6.45, 7) is 7.49. The predicted octanol–water partition coefficient (Wildman–Crippen LogP) is 5.53. The molecule has 0 spiro atoms. The van der Waals surface area contributed by atoms with Gasteiger partial charge in [-0.25, -0.2) is 0 Å². The zero-order chi connectivity index (χ0) is 23.3. The Hall–Kier alpha value is -2.53. The number of nitrogens with zero attached hydrogens (tertiary/aromatic N) is 1. The van der Waals surface area contributed by atoms with Crippen molar-refractivity contribution in [3.63, 3.8) is 0 Å². The zero-order valence-electron chi connectivity index (χ0n) is 19.4. The number of carbonyl (C=O) groups excluding carboxylic acids is 2. The van der Waals surface area contributed by atoms with Crippen molar-refractivity contribution in [3.05, 3.63) is 64.7 Å². The summed E-state index contributed by atoms with van der Waals surface area (Å²) in [4.78, 5) is 27.7. The number of amides is 2. The first-order valence-electron chi connectivity index (χ1n) is 11.5. The molecule has 0 saturated carbocycles. The number of aryl methyl sites for hydroxylation is 1. The van der Waals surface area contributed by atoms with Gasteiger partial charge in [-0.15, -0.1) is 0 Å². The second-order valence-corrected chi connectivity index (χ2v) is 8.42. The molecule has 0 aliphatic carbocycles. The maximum atomic E-state index is 13.2. The Kier molecular flexibility index (Phi) is 11.1. The lowest BCUT2D eigenvalue weighted by molar-refractivity contribution is -0.141. The van der Waals surface area contributed by atoms with E-state index in [1.54, 1.807) is 17.0 Å². The van der Waals surface area contributed by atoms with Crippen LogP contribution in [-0.4, -0.2) is 35.9 Å². The molecule has 0 saturated heterocycles. The van der Waals surface area contributed by atoms with E-state index in [4.69, 9.17) is 16.3 Å². The van der Waals surface area contributed by atoms with Crippen molar-refractivity contribution in [1.82, 2.24) is 10.2 Å². The lowest BCUT2D eigenvalue weighted by Crippen LogP contribution is -2.49. The largest absolute Gasteiger partial charge is 0.494 e. The van der Waals surface area contributed by atoms with Gasteiger partial charge in [0.05, 0.1) is 6.61 Å². The van der Waals surface area contributed by atoms with Gasteiger partial charge in [0.25, 0.3) is 0 Å². The van der Waals surface area contributed by atoms with Gasteiger partial charge in [0.2, 0.25) is 11.8 Å². The number of hydrogen-bond donors (Lipinski definition) is 1. The van der Waals surface area contributed by atoms with Crippen LogP contribution in [0.15, 0.2) is 48.5 Å². The lowest BCUT2D eigenvalue weighted by Gasteiger charge is -2.31. The summed E-state index contributed by atoms with van der Waals surface area (Å²) in [5.41, 5.74) is 2.12. The molecule has 0 unspecified atom stereocenters. The van der Waals surface area contributed by atoms with Gasteiger partial charge in [-0.3, -0.25) is 9.59 Å². The summed E-state index contributed by atoms with van der Waals surface area (Å²) in [5.74, 6) is 0.645. The molecule has 32 heavy (non-hydrogen) atoms. The molecule has 1 atom stereocenters. The van der Waals surface area contributed by atoms with Crippen LogP contribution < -0.4 is 10.1 Å². The van der Waals surface area contributed by atoms with E-state index in [1.807, 2.05) is 50.2 Å². The van der Waals surface area contributed by atoms with E-state index >= 15 is 0 Å². The fourth-order valence-electron chi connectivity index (χ4n) is 3.40. The van der Waals surface area contributed by atoms with Crippen molar-refractivity contribution in [2.45, 2.75) is 65.5 Å². The van der Waals surface area contributed by atoms with Crippen LogP contribution in [0.3, 0.4) is 0 Å². The number of halogens is 1. The maximum Gasteiger partial charge on any atom is 0.242 e. The summed E-state index contributed by atoms with van der Waals surface area (Å²) in [5, 5.41) is 3.62. The van der Waals surface area contributed by atoms with Gasteiger partial charge in [-0.1, -0.05) is 61.7 Å². The van der Waals surface area contributed by atoms with Crippen molar-refractivity contribution in [2.24, 2.45) is 0 Å². The highest BCUT2D eigenvalue weighted by molar-refractivity contribution is 6.30. The molecule has 0 aliphatic heterocycles. The van der Waals surface area contributed by atoms with Crippen LogP contribution >= 0.6 is 11.6 Å². The van der Waals surface area contributed by atoms with Gasteiger partial charge in [0.15, 0.2) is 0 Å². The summed E-state index contributed by atoms with van der Waals surface area (Å²) < 4.78 is 5.76. The summed E-state index contributed by atoms with van der Waals surface area (Å²) in [6, 6.07) is 14.7. The average molecular weight is 459 g/mol. The Morgan fingerprint density at radius 3 is 2.34 bits per heavy atom. The molecule has 0 aromatic heterocycles. The Bertz CT molecular complexity index is 837. The van der Waals surface area contributed by atoms with Crippen molar-refractivity contribution < 1.29 is 14.3 Å². The Morgan fingerprint density at radius 1 is 1.03 bits per heavy atom. The minimum Gasteiger partial charge on any atom is -0.494 e. The third-order valence-corrected chi connectivity index (χ3v) is 5.56. The number of ether oxygens (including phenoxy) is 1. The van der Waals surface area contributed by atoms with Crippen molar-refractivity contribution >= 4 is 23.4 Å². The lowest BCUT2D eigenvalue weighted by atomic mass is 10.1. The highest BCUT2D eigenvalue weighted by Crippen LogP contribution is 2.17. The van der Waals surface area contributed by atoms with Crippen molar-refractivity contribution in [1.29, 1.82) is 0 Å². The number of unbranched alkanes of at least 4 members (excludes halogenated alkanes) is 1. The molecule has 0 aliphatic rings. The molecule has 0 bridgehead atoms. The predicted molar refractivity (Wildman–Crippen MR) is 130 cm³/mol. The van der Waals surface area contributed by atoms with E-state index in [9.17, 15) is 9.59 Å². The highest BCUT2D eigenvalue weighted by Gasteiger charge is 2.28. The van der Waals surface area contributed by atoms with E-state index in [0.29, 0.717) is 44.0 Å². The highest BCUT2D eigenvalue weighted by atomic mass is 35.5. The third-order valence-electron chi connectivity index (χ3n) is 5.31. The monoisotopic (exact) mass is 458 g/mol. The molecule has 174 valence electrons. The molecular weight excluding hydrogens is 424 g/mol. The van der Waals surface area contributed by atoms with Crippen LogP contribution in [-0.2, 0) is 16.1 Å². The topological polar surface area (TPSA) is 58.6 Å². The number of carbonyl (C=O) groups is 2. The molecule has 6 heteroatoms. The van der Waals surface area contributed by atoms with Crippen LogP contribution in [0.1, 0.15) is 57.1 Å². The Labute approximate surface area is 197 Å². The Morgan fingerprint density at radius 2 is 1.72 bits per heavy atom. The first-order valence-corrected chi connectivity index (χ1v) is 11.8. The van der Waals surface area contributed by atoms with Crippen LogP contribution in [0.4, 0.5) is 0 Å². The van der Waals surface area contributed by atoms with Gasteiger partial charge in [-0.2, -0.15) is 0 Å². The smallest absolute Gasteiger partial charge is 0.242 e. The van der Waals surface area contributed by atoms with E-state index in [-0.39, 0.29) is 11.8 Å². The summed E-state index contributed by atoms with van der Waals surface area (Å²) in [6.07, 6.45) is 3.38. The zero-order valence-corrected chi connectivity index (χ0v) is 20.2. The second-order valence-electron chi connectivity index (χ2n) is 7.98. The fraction of sp³-hybridized carbons (Fsp3) is 0.462. The number of benzene rings is 2. The number of nitrogens with one attached hydrogen (secondary N) is 1. The van der Waals surface area contributed by atoms with E-state index < -0.39 is 6.04 Å². The first kappa shape index (κ1) is 25.7. The fourth-order valence-corrected chi connectivity index (χ4v) is 3.53. The SMILES string of the molecule is CCCCNC(=O)[C@H](CC)N(Cc1ccc(Cl)cc1)C(=O)CCCOc1ccc(C)cc1. The molecule has 0 radical (unpaired) electrons. The molecule has 5 nitrogen and oxygen atoms in total. The third kappa shape index (κ3) is 8.54. The van der Waals surface area contributed by atoms with Crippen LogP contribution in [0.25, 0.3) is 0 Å². The van der Waals surface area contributed by atoms with Crippen LogP contribution in [0, 0.1) is 6.92 Å². The van der Waals surface area contributed by atoms with Gasteiger partial charge in [0, 0.05) is 24.5 Å². The van der Waals surface area contributed by atoms with Gasteiger partial charge >= 0.3 is 0 Å². The molecule has 2 amide bonds. The first-order chi connectivity index (χ1) is 15.4. The summed E-state index contributed by atoms with van der Waals surface area (Å²) >= 11 is 6.01. The van der Waals surface area contributed by atoms with Gasteiger partial charge in [-0.05, 0) is 56.0 Å². The van der Waals surface area contributed by atoms with E-state index in [0.717, 1.165) is 24.2 Å². The quantitative estimate of drug-likeness (QED) is 0.401. The maximum absolute atomic E-state index is 13.2.